The summed E-state index contributed by atoms with van der Waals surface area (Å²) < 4.78 is 1.97. The molecule has 1 aliphatic carbocycles. The van der Waals surface area contributed by atoms with Gasteiger partial charge in [-0.1, -0.05) is 5.16 Å². The van der Waals surface area contributed by atoms with Crippen molar-refractivity contribution in [3.05, 3.63) is 24.3 Å². The van der Waals surface area contributed by atoms with Crippen LogP contribution in [0.25, 0.3) is 5.70 Å². The summed E-state index contributed by atoms with van der Waals surface area (Å²) in [6.45, 7) is 1.97. The monoisotopic (exact) mass is 177 g/mol. The van der Waals surface area contributed by atoms with Gasteiger partial charge in [0.05, 0.1) is 12.0 Å². The van der Waals surface area contributed by atoms with E-state index in [4.69, 9.17) is 5.21 Å². The highest BCUT2D eigenvalue weighted by Gasteiger charge is 2.18. The lowest BCUT2D eigenvalue weighted by atomic mass is 10.2. The van der Waals surface area contributed by atoms with E-state index in [1.54, 1.807) is 12.5 Å². The Balaban J connectivity index is 2.41. The number of oxime groups is 1. The van der Waals surface area contributed by atoms with Crippen LogP contribution >= 0.6 is 0 Å². The Hall–Kier alpha value is -1.58. The minimum atomic E-state index is 0.781. The molecule has 0 atom stereocenters. The Morgan fingerprint density at radius 1 is 1.54 bits per heavy atom. The number of hydrogen-bond donors (Lipinski definition) is 1. The van der Waals surface area contributed by atoms with Crippen LogP contribution in [0.4, 0.5) is 0 Å². The molecule has 0 radical (unpaired) electrons. The highest BCUT2D eigenvalue weighted by Crippen LogP contribution is 2.26. The van der Waals surface area contributed by atoms with Crippen LogP contribution in [0, 0.1) is 0 Å². The molecule has 1 N–H and O–H groups in total. The van der Waals surface area contributed by atoms with Crippen LogP contribution in [0.3, 0.4) is 0 Å². The minimum Gasteiger partial charge on any atom is -0.411 e. The van der Waals surface area contributed by atoms with Crippen molar-refractivity contribution < 1.29 is 5.21 Å². The Morgan fingerprint density at radius 3 is 2.92 bits per heavy atom. The second kappa shape index (κ2) is 3.05. The van der Waals surface area contributed by atoms with Crippen LogP contribution in [0.1, 0.15) is 19.8 Å². The largest absolute Gasteiger partial charge is 0.411 e. The van der Waals surface area contributed by atoms with E-state index < -0.39 is 0 Å². The third-order valence-corrected chi connectivity index (χ3v) is 2.40. The van der Waals surface area contributed by atoms with Gasteiger partial charge in [-0.15, -0.1) is 0 Å². The molecule has 13 heavy (non-hydrogen) atoms. The molecule has 0 amide bonds. The third kappa shape index (κ3) is 1.24. The summed E-state index contributed by atoms with van der Waals surface area (Å²) in [5, 5.41) is 11.9. The lowest BCUT2D eigenvalue weighted by molar-refractivity contribution is 0.318. The number of rotatable bonds is 1. The molecule has 1 heterocycles. The molecule has 0 aliphatic heterocycles. The van der Waals surface area contributed by atoms with Gasteiger partial charge in [-0.25, -0.2) is 4.98 Å². The fraction of sp³-hybridized carbons (Fsp3) is 0.333. The first kappa shape index (κ1) is 8.04. The Bertz CT molecular complexity index is 362. The summed E-state index contributed by atoms with van der Waals surface area (Å²) in [6, 6.07) is 0. The summed E-state index contributed by atoms with van der Waals surface area (Å²) in [5.41, 5.74) is 3.01. The van der Waals surface area contributed by atoms with Gasteiger partial charge < -0.3 is 9.77 Å². The predicted molar refractivity (Wildman–Crippen MR) is 49.6 cm³/mol. The van der Waals surface area contributed by atoms with E-state index in [0.717, 1.165) is 24.1 Å². The van der Waals surface area contributed by atoms with Crippen molar-refractivity contribution in [2.45, 2.75) is 19.8 Å². The van der Waals surface area contributed by atoms with Crippen molar-refractivity contribution in [1.82, 2.24) is 9.55 Å². The molecule has 0 saturated carbocycles. The van der Waals surface area contributed by atoms with Crippen LogP contribution in [0.2, 0.25) is 0 Å². The third-order valence-electron chi connectivity index (χ3n) is 2.40. The molecule has 0 aromatic carbocycles. The summed E-state index contributed by atoms with van der Waals surface area (Å²) in [5.74, 6) is 0. The maximum atomic E-state index is 8.68. The highest BCUT2D eigenvalue weighted by atomic mass is 16.4. The number of aromatic nitrogens is 2. The molecular weight excluding hydrogens is 166 g/mol. The van der Waals surface area contributed by atoms with E-state index >= 15 is 0 Å². The van der Waals surface area contributed by atoms with Crippen LogP contribution in [0.5, 0.6) is 0 Å². The molecule has 0 saturated heterocycles. The number of imidazole rings is 1. The van der Waals surface area contributed by atoms with Gasteiger partial charge in [0, 0.05) is 18.1 Å². The lowest BCUT2D eigenvalue weighted by Gasteiger charge is -2.02. The van der Waals surface area contributed by atoms with Crippen molar-refractivity contribution in [2.24, 2.45) is 5.16 Å². The summed E-state index contributed by atoms with van der Waals surface area (Å²) >= 11 is 0. The highest BCUT2D eigenvalue weighted by molar-refractivity contribution is 6.07. The molecule has 1 aromatic rings. The zero-order valence-electron chi connectivity index (χ0n) is 7.44. The average Bonchev–Trinajstić information content (AvgIpc) is 2.72. The standard InChI is InChI=1S/C9H11N3O/c1-7-8(11-13)2-3-9(7)12-5-4-10-6-12/h4-6,13H,2-3H2,1H3/b11-8+. The van der Waals surface area contributed by atoms with E-state index in [-0.39, 0.29) is 0 Å². The van der Waals surface area contributed by atoms with Crippen LogP contribution in [-0.2, 0) is 0 Å². The molecule has 1 aliphatic rings. The van der Waals surface area contributed by atoms with Crippen molar-refractivity contribution >= 4 is 11.4 Å². The summed E-state index contributed by atoms with van der Waals surface area (Å²) in [7, 11) is 0. The number of nitrogens with zero attached hydrogens (tertiary/aromatic N) is 3. The van der Waals surface area contributed by atoms with Gasteiger partial charge in [0.15, 0.2) is 0 Å². The van der Waals surface area contributed by atoms with E-state index in [0.29, 0.717) is 0 Å². The first-order valence-corrected chi connectivity index (χ1v) is 4.22. The first-order chi connectivity index (χ1) is 6.33. The molecule has 4 nitrogen and oxygen atoms in total. The van der Waals surface area contributed by atoms with Gasteiger partial charge >= 0.3 is 0 Å². The van der Waals surface area contributed by atoms with E-state index in [1.165, 1.54) is 5.70 Å². The van der Waals surface area contributed by atoms with Gasteiger partial charge in [-0.3, -0.25) is 0 Å². The Morgan fingerprint density at radius 2 is 2.38 bits per heavy atom. The number of hydrogen-bond acceptors (Lipinski definition) is 3. The predicted octanol–water partition coefficient (Wildman–Crippen LogP) is 1.74. The molecule has 0 fully saturated rings. The van der Waals surface area contributed by atoms with E-state index in [1.807, 2.05) is 17.7 Å². The quantitative estimate of drug-likeness (QED) is 0.524. The maximum absolute atomic E-state index is 8.68. The zero-order valence-corrected chi connectivity index (χ0v) is 7.44. The zero-order chi connectivity index (χ0) is 9.26. The molecule has 4 heteroatoms. The van der Waals surface area contributed by atoms with Crippen molar-refractivity contribution in [2.75, 3.05) is 0 Å². The minimum absolute atomic E-state index is 0.781. The normalized spacial score (nSPS) is 20.2. The van der Waals surface area contributed by atoms with Crippen molar-refractivity contribution in [1.29, 1.82) is 0 Å². The van der Waals surface area contributed by atoms with Crippen molar-refractivity contribution in [3.63, 3.8) is 0 Å². The van der Waals surface area contributed by atoms with Crippen LogP contribution < -0.4 is 0 Å². The second-order valence-electron chi connectivity index (χ2n) is 3.09. The van der Waals surface area contributed by atoms with Gasteiger partial charge in [0.25, 0.3) is 0 Å². The fourth-order valence-electron chi connectivity index (χ4n) is 1.64. The van der Waals surface area contributed by atoms with Gasteiger partial charge in [-0.05, 0) is 25.3 Å². The van der Waals surface area contributed by atoms with Gasteiger partial charge in [-0.2, -0.15) is 0 Å². The molecule has 2 rings (SSSR count). The summed E-state index contributed by atoms with van der Waals surface area (Å²) in [6.07, 6.45) is 7.14. The van der Waals surface area contributed by atoms with Gasteiger partial charge in [0.2, 0.25) is 0 Å². The molecule has 1 aromatic heterocycles. The smallest absolute Gasteiger partial charge is 0.0989 e. The molecule has 0 spiro atoms. The fourth-order valence-corrected chi connectivity index (χ4v) is 1.64. The topological polar surface area (TPSA) is 50.4 Å². The Labute approximate surface area is 76.2 Å². The Kier molecular flexibility index (Phi) is 1.88. The molecule has 0 unspecified atom stereocenters. The van der Waals surface area contributed by atoms with Crippen LogP contribution in [0.15, 0.2) is 29.4 Å². The lowest BCUT2D eigenvalue weighted by Crippen LogP contribution is -1.95. The SMILES string of the molecule is CC1=C(n2ccnc2)CC/C1=N\O. The van der Waals surface area contributed by atoms with Gasteiger partial charge in [0.1, 0.15) is 0 Å². The first-order valence-electron chi connectivity index (χ1n) is 4.22. The number of allylic oxidation sites excluding steroid dienone is 2. The second-order valence-corrected chi connectivity index (χ2v) is 3.09. The van der Waals surface area contributed by atoms with E-state index in [2.05, 4.69) is 10.1 Å². The molecular formula is C9H11N3O. The average molecular weight is 177 g/mol. The molecule has 68 valence electrons. The molecule has 0 bridgehead atoms. The summed E-state index contributed by atoms with van der Waals surface area (Å²) in [4.78, 5) is 3.98. The maximum Gasteiger partial charge on any atom is 0.0989 e. The van der Waals surface area contributed by atoms with E-state index in [9.17, 15) is 0 Å². The van der Waals surface area contributed by atoms with Crippen LogP contribution in [-0.4, -0.2) is 20.5 Å². The van der Waals surface area contributed by atoms with Crippen molar-refractivity contribution in [3.8, 4) is 0 Å².